The third kappa shape index (κ3) is 5.60. The van der Waals surface area contributed by atoms with Crippen LogP contribution in [0.2, 0.25) is 0 Å². The molecule has 1 heterocycles. The third-order valence-corrected chi connectivity index (χ3v) is 2.13. The summed E-state index contributed by atoms with van der Waals surface area (Å²) in [6, 6.07) is 0.921. The van der Waals surface area contributed by atoms with Crippen molar-refractivity contribution in [2.45, 2.75) is 6.18 Å². The Labute approximate surface area is 115 Å². The van der Waals surface area contributed by atoms with Crippen LogP contribution in [0.5, 0.6) is 0 Å². The first kappa shape index (κ1) is 16.6. The number of pyridine rings is 1. The quantitative estimate of drug-likeness (QED) is 0.447. The normalized spacial score (nSPS) is 11.2. The highest BCUT2D eigenvalue weighted by atomic mass is 19.4. The van der Waals surface area contributed by atoms with Gasteiger partial charge in [0.1, 0.15) is 24.2 Å². The van der Waals surface area contributed by atoms with Gasteiger partial charge in [-0.25, -0.2) is 9.78 Å². The summed E-state index contributed by atoms with van der Waals surface area (Å²) in [5.74, 6) is -1.53. The Morgan fingerprint density at radius 2 is 2.19 bits per heavy atom. The second kappa shape index (κ2) is 6.83. The molecule has 0 atom stereocenters. The standard InChI is InChI=1S/C10H10F3N3O5/c11-10(12,13)5-21-2-1-14-8-3-6(9(17)18)7(4-15-8)16(19)20/h3-4H,1-2,5H2,(H,14,15)(H,17,18). The molecule has 11 heteroatoms. The maximum atomic E-state index is 11.8. The minimum Gasteiger partial charge on any atom is -0.477 e. The van der Waals surface area contributed by atoms with Gasteiger partial charge in [0, 0.05) is 12.6 Å². The van der Waals surface area contributed by atoms with E-state index >= 15 is 0 Å². The zero-order valence-electron chi connectivity index (χ0n) is 10.4. The van der Waals surface area contributed by atoms with Crippen molar-refractivity contribution in [3.05, 3.63) is 27.9 Å². The number of hydrogen-bond acceptors (Lipinski definition) is 6. The van der Waals surface area contributed by atoms with E-state index in [1.165, 1.54) is 0 Å². The summed E-state index contributed by atoms with van der Waals surface area (Å²) in [6.45, 7) is -1.76. The number of aromatic nitrogens is 1. The molecule has 0 saturated heterocycles. The third-order valence-electron chi connectivity index (χ3n) is 2.13. The van der Waals surface area contributed by atoms with Gasteiger partial charge in [0.25, 0.3) is 0 Å². The lowest BCUT2D eigenvalue weighted by atomic mass is 10.2. The van der Waals surface area contributed by atoms with Gasteiger partial charge >= 0.3 is 17.8 Å². The van der Waals surface area contributed by atoms with Gasteiger partial charge in [-0.3, -0.25) is 10.1 Å². The van der Waals surface area contributed by atoms with Crippen molar-refractivity contribution >= 4 is 17.5 Å². The molecule has 2 N–H and O–H groups in total. The monoisotopic (exact) mass is 309 g/mol. The molecule has 0 aliphatic heterocycles. The fourth-order valence-corrected chi connectivity index (χ4v) is 1.30. The van der Waals surface area contributed by atoms with Crippen molar-refractivity contribution in [2.24, 2.45) is 0 Å². The highest BCUT2D eigenvalue weighted by molar-refractivity contribution is 5.93. The van der Waals surface area contributed by atoms with Crippen molar-refractivity contribution < 1.29 is 32.7 Å². The van der Waals surface area contributed by atoms with Crippen LogP contribution >= 0.6 is 0 Å². The molecule has 1 rings (SSSR count). The van der Waals surface area contributed by atoms with E-state index in [9.17, 15) is 28.1 Å². The smallest absolute Gasteiger partial charge is 0.411 e. The highest BCUT2D eigenvalue weighted by Crippen LogP contribution is 2.20. The number of anilines is 1. The van der Waals surface area contributed by atoms with Crippen LogP contribution in [0.25, 0.3) is 0 Å². The minimum absolute atomic E-state index is 0.0198. The lowest BCUT2D eigenvalue weighted by molar-refractivity contribution is -0.385. The number of ether oxygens (including phenoxy) is 1. The van der Waals surface area contributed by atoms with Gasteiger partial charge in [0.15, 0.2) is 0 Å². The van der Waals surface area contributed by atoms with E-state index in [-0.39, 0.29) is 19.0 Å². The molecule has 0 aromatic carbocycles. The molecule has 0 unspecified atom stereocenters. The first-order valence-corrected chi connectivity index (χ1v) is 5.47. The van der Waals surface area contributed by atoms with Gasteiger partial charge in [0.05, 0.1) is 11.5 Å². The molecular weight excluding hydrogens is 299 g/mol. The Kier molecular flexibility index (Phi) is 5.41. The molecule has 8 nitrogen and oxygen atoms in total. The predicted octanol–water partition coefficient (Wildman–Crippen LogP) is 1.68. The second-order valence-corrected chi connectivity index (χ2v) is 3.74. The molecule has 0 bridgehead atoms. The van der Waals surface area contributed by atoms with E-state index in [1.807, 2.05) is 0 Å². The Morgan fingerprint density at radius 3 is 2.71 bits per heavy atom. The summed E-state index contributed by atoms with van der Waals surface area (Å²) in [7, 11) is 0. The SMILES string of the molecule is O=C(O)c1cc(NCCOCC(F)(F)F)ncc1[N+](=O)[O-]. The van der Waals surface area contributed by atoms with Crippen LogP contribution in [-0.2, 0) is 4.74 Å². The second-order valence-electron chi connectivity index (χ2n) is 3.74. The van der Waals surface area contributed by atoms with Crippen LogP contribution in [-0.4, -0.2) is 46.9 Å². The maximum Gasteiger partial charge on any atom is 0.411 e. The summed E-state index contributed by atoms with van der Waals surface area (Å²) in [4.78, 5) is 24.1. The Morgan fingerprint density at radius 1 is 1.52 bits per heavy atom. The van der Waals surface area contributed by atoms with Gasteiger partial charge in [-0.05, 0) is 0 Å². The first-order valence-electron chi connectivity index (χ1n) is 5.47. The largest absolute Gasteiger partial charge is 0.477 e. The van der Waals surface area contributed by atoms with E-state index in [0.29, 0.717) is 0 Å². The van der Waals surface area contributed by atoms with Crippen LogP contribution in [0, 0.1) is 10.1 Å². The predicted molar refractivity (Wildman–Crippen MR) is 63.2 cm³/mol. The number of aromatic carboxylic acids is 1. The number of nitrogens with zero attached hydrogens (tertiary/aromatic N) is 2. The molecule has 0 spiro atoms. The Hall–Kier alpha value is -2.43. The molecule has 0 fully saturated rings. The van der Waals surface area contributed by atoms with E-state index < -0.39 is 34.9 Å². The maximum absolute atomic E-state index is 11.8. The topological polar surface area (TPSA) is 115 Å². The molecule has 1 aromatic rings. The van der Waals surface area contributed by atoms with E-state index in [4.69, 9.17) is 5.11 Å². The van der Waals surface area contributed by atoms with Gasteiger partial charge in [-0.1, -0.05) is 0 Å². The molecule has 21 heavy (non-hydrogen) atoms. The Bertz CT molecular complexity index is 535. The molecular formula is C10H10F3N3O5. The van der Waals surface area contributed by atoms with E-state index in [2.05, 4.69) is 15.0 Å². The molecule has 0 saturated carbocycles. The van der Waals surface area contributed by atoms with Crippen molar-refractivity contribution in [3.63, 3.8) is 0 Å². The number of hydrogen-bond donors (Lipinski definition) is 2. The van der Waals surface area contributed by atoms with Crippen LogP contribution in [0.3, 0.4) is 0 Å². The molecule has 1 aromatic heterocycles. The van der Waals surface area contributed by atoms with Crippen LogP contribution < -0.4 is 5.32 Å². The summed E-state index contributed by atoms with van der Waals surface area (Å²) in [5.41, 5.74) is -1.25. The number of alkyl halides is 3. The van der Waals surface area contributed by atoms with Crippen molar-refractivity contribution in [2.75, 3.05) is 25.1 Å². The Balaban J connectivity index is 2.59. The molecule has 0 amide bonds. The fourth-order valence-electron chi connectivity index (χ4n) is 1.30. The highest BCUT2D eigenvalue weighted by Gasteiger charge is 2.27. The van der Waals surface area contributed by atoms with Crippen molar-refractivity contribution in [3.8, 4) is 0 Å². The number of rotatable bonds is 7. The average Bonchev–Trinajstić information content (AvgIpc) is 2.36. The lowest BCUT2D eigenvalue weighted by Crippen LogP contribution is -2.20. The number of nitro groups is 1. The number of nitrogens with one attached hydrogen (secondary N) is 1. The summed E-state index contributed by atoms with van der Waals surface area (Å²) in [6.07, 6.45) is -3.68. The average molecular weight is 309 g/mol. The lowest BCUT2D eigenvalue weighted by Gasteiger charge is -2.09. The van der Waals surface area contributed by atoms with Crippen LogP contribution in [0.4, 0.5) is 24.7 Å². The van der Waals surface area contributed by atoms with Crippen LogP contribution in [0.1, 0.15) is 10.4 Å². The van der Waals surface area contributed by atoms with Gasteiger partial charge in [0.2, 0.25) is 0 Å². The van der Waals surface area contributed by atoms with E-state index in [1.54, 1.807) is 0 Å². The number of halogens is 3. The van der Waals surface area contributed by atoms with Gasteiger partial charge in [-0.15, -0.1) is 0 Å². The van der Waals surface area contributed by atoms with Gasteiger partial charge in [-0.2, -0.15) is 13.2 Å². The van der Waals surface area contributed by atoms with E-state index in [0.717, 1.165) is 12.3 Å². The van der Waals surface area contributed by atoms with Crippen LogP contribution in [0.15, 0.2) is 12.3 Å². The molecule has 0 aliphatic rings. The fraction of sp³-hybridized carbons (Fsp3) is 0.400. The zero-order chi connectivity index (χ0) is 16.0. The summed E-state index contributed by atoms with van der Waals surface area (Å²) < 4.78 is 39.7. The zero-order valence-corrected chi connectivity index (χ0v) is 10.4. The van der Waals surface area contributed by atoms with Gasteiger partial charge < -0.3 is 15.2 Å². The van der Waals surface area contributed by atoms with Crippen molar-refractivity contribution in [1.29, 1.82) is 0 Å². The summed E-state index contributed by atoms with van der Waals surface area (Å²) >= 11 is 0. The molecule has 0 aliphatic carbocycles. The summed E-state index contributed by atoms with van der Waals surface area (Å²) in [5, 5.41) is 21.9. The first-order chi connectivity index (χ1) is 9.70. The number of carboxylic acid groups (broad SMARTS) is 1. The number of carbonyl (C=O) groups is 1. The van der Waals surface area contributed by atoms with Crippen molar-refractivity contribution in [1.82, 2.24) is 4.98 Å². The number of carboxylic acids is 1. The minimum atomic E-state index is -4.43. The molecule has 0 radical (unpaired) electrons. The molecule has 116 valence electrons.